The maximum Gasteiger partial charge on any atom is 0.332 e. The highest BCUT2D eigenvalue weighted by Crippen LogP contribution is 2.33. The molecule has 1 aromatic heterocycles. The molecule has 8 heteroatoms. The quantitative estimate of drug-likeness (QED) is 0.490. The lowest BCUT2D eigenvalue weighted by Crippen LogP contribution is -2.07. The van der Waals surface area contributed by atoms with Crippen molar-refractivity contribution in [2.45, 2.75) is 13.8 Å². The van der Waals surface area contributed by atoms with Crippen LogP contribution in [0.1, 0.15) is 11.3 Å². The van der Waals surface area contributed by atoms with Gasteiger partial charge in [0.2, 0.25) is 11.8 Å². The predicted molar refractivity (Wildman–Crippen MR) is 104 cm³/mol. The molecule has 2 N–H and O–H groups in total. The topological polar surface area (TPSA) is 102 Å². The molecule has 0 spiro atoms. The molecule has 0 fully saturated rings. The molecular formula is C19H19N5O3. The zero-order chi connectivity index (χ0) is 19.4. The molecule has 0 aliphatic heterocycles. The van der Waals surface area contributed by atoms with Crippen molar-refractivity contribution in [1.82, 2.24) is 9.97 Å². The van der Waals surface area contributed by atoms with Crippen LogP contribution in [0.25, 0.3) is 0 Å². The highest BCUT2D eigenvalue weighted by Gasteiger charge is 2.23. The largest absolute Gasteiger partial charge is 0.495 e. The number of rotatable bonds is 6. The van der Waals surface area contributed by atoms with E-state index in [1.54, 1.807) is 25.1 Å². The summed E-state index contributed by atoms with van der Waals surface area (Å²) in [5.41, 5.74) is 2.55. The van der Waals surface area contributed by atoms with Gasteiger partial charge in [-0.25, -0.2) is 4.98 Å². The van der Waals surface area contributed by atoms with Gasteiger partial charge in [-0.15, -0.1) is 0 Å². The first-order valence-corrected chi connectivity index (χ1v) is 8.24. The van der Waals surface area contributed by atoms with Crippen LogP contribution in [0.2, 0.25) is 0 Å². The summed E-state index contributed by atoms with van der Waals surface area (Å²) in [4.78, 5) is 19.6. The average Bonchev–Trinajstić information content (AvgIpc) is 2.63. The molecule has 27 heavy (non-hydrogen) atoms. The molecule has 0 amide bonds. The Morgan fingerprint density at radius 2 is 1.70 bits per heavy atom. The second-order valence-corrected chi connectivity index (χ2v) is 5.90. The first-order valence-electron chi connectivity index (χ1n) is 8.24. The van der Waals surface area contributed by atoms with Crippen molar-refractivity contribution in [3.63, 3.8) is 0 Å². The number of hydrogen-bond acceptors (Lipinski definition) is 7. The van der Waals surface area contributed by atoms with Crippen molar-refractivity contribution in [1.29, 1.82) is 0 Å². The lowest BCUT2D eigenvalue weighted by atomic mass is 10.2. The van der Waals surface area contributed by atoms with Crippen LogP contribution < -0.4 is 15.4 Å². The summed E-state index contributed by atoms with van der Waals surface area (Å²) in [6.07, 6.45) is 0. The first kappa shape index (κ1) is 18.1. The molecule has 2 aromatic carbocycles. The number of ether oxygens (including phenoxy) is 1. The molecule has 0 unspecified atom stereocenters. The summed E-state index contributed by atoms with van der Waals surface area (Å²) >= 11 is 0. The zero-order valence-electron chi connectivity index (χ0n) is 15.2. The van der Waals surface area contributed by atoms with Gasteiger partial charge in [-0.3, -0.25) is 10.1 Å². The Labute approximate surface area is 156 Å². The number of aryl methyl sites for hydroxylation is 2. The normalized spacial score (nSPS) is 10.3. The third-order valence-corrected chi connectivity index (χ3v) is 3.91. The number of hydrogen-bond donors (Lipinski definition) is 2. The van der Waals surface area contributed by atoms with Crippen molar-refractivity contribution < 1.29 is 9.66 Å². The lowest BCUT2D eigenvalue weighted by Gasteiger charge is -2.13. The Morgan fingerprint density at radius 1 is 1.00 bits per heavy atom. The van der Waals surface area contributed by atoms with Gasteiger partial charge >= 0.3 is 5.69 Å². The Kier molecular flexibility index (Phi) is 5.16. The van der Waals surface area contributed by atoms with Gasteiger partial charge in [-0.05, 0) is 38.1 Å². The van der Waals surface area contributed by atoms with Gasteiger partial charge in [0.1, 0.15) is 11.4 Å². The molecule has 0 aliphatic rings. The van der Waals surface area contributed by atoms with Gasteiger partial charge in [-0.1, -0.05) is 29.8 Å². The molecule has 138 valence electrons. The number of nitro groups is 1. The summed E-state index contributed by atoms with van der Waals surface area (Å²) in [5, 5.41) is 17.6. The third kappa shape index (κ3) is 4.12. The van der Waals surface area contributed by atoms with E-state index in [1.165, 1.54) is 7.11 Å². The molecule has 1 heterocycles. The van der Waals surface area contributed by atoms with Crippen LogP contribution in [0.5, 0.6) is 5.75 Å². The predicted octanol–water partition coefficient (Wildman–Crippen LogP) is 4.50. The van der Waals surface area contributed by atoms with Crippen LogP contribution in [0.15, 0.2) is 48.5 Å². The van der Waals surface area contributed by atoms with E-state index in [0.717, 1.165) is 11.3 Å². The summed E-state index contributed by atoms with van der Waals surface area (Å²) < 4.78 is 5.29. The van der Waals surface area contributed by atoms with E-state index in [0.29, 0.717) is 11.4 Å². The van der Waals surface area contributed by atoms with Crippen molar-refractivity contribution in [3.05, 3.63) is 69.9 Å². The number of benzene rings is 2. The summed E-state index contributed by atoms with van der Waals surface area (Å²) in [5.74, 6) is 0.905. The van der Waals surface area contributed by atoms with Crippen molar-refractivity contribution in [2.75, 3.05) is 17.7 Å². The molecule has 0 radical (unpaired) electrons. The number of para-hydroxylation sites is 2. The fraction of sp³-hybridized carbons (Fsp3) is 0.158. The third-order valence-electron chi connectivity index (χ3n) is 3.91. The van der Waals surface area contributed by atoms with Crippen LogP contribution in [0.3, 0.4) is 0 Å². The Bertz CT molecular complexity index is 974. The number of methoxy groups -OCH3 is 1. The minimum absolute atomic E-state index is 0.0895. The second kappa shape index (κ2) is 7.69. The van der Waals surface area contributed by atoms with E-state index < -0.39 is 4.92 Å². The Morgan fingerprint density at radius 3 is 2.37 bits per heavy atom. The molecule has 8 nitrogen and oxygen atoms in total. The molecule has 0 atom stereocenters. The SMILES string of the molecule is COc1ccccc1Nc1nc(Nc2ccc(C)cc2)nc(C)c1[N+](=O)[O-]. The van der Waals surface area contributed by atoms with Crippen LogP contribution in [-0.4, -0.2) is 22.0 Å². The van der Waals surface area contributed by atoms with Crippen molar-refractivity contribution in [3.8, 4) is 5.75 Å². The molecule has 0 aliphatic carbocycles. The number of nitrogens with zero attached hydrogens (tertiary/aromatic N) is 3. The molecule has 0 saturated heterocycles. The van der Waals surface area contributed by atoms with E-state index in [4.69, 9.17) is 4.74 Å². The molecule has 3 aromatic rings. The fourth-order valence-electron chi connectivity index (χ4n) is 2.57. The highest BCUT2D eigenvalue weighted by atomic mass is 16.6. The number of aromatic nitrogens is 2. The highest BCUT2D eigenvalue weighted by molar-refractivity contribution is 5.72. The first-order chi connectivity index (χ1) is 13.0. The van der Waals surface area contributed by atoms with Crippen LogP contribution in [-0.2, 0) is 0 Å². The number of nitrogens with one attached hydrogen (secondary N) is 2. The summed E-state index contributed by atoms with van der Waals surface area (Å²) in [6.45, 7) is 3.57. The molecule has 3 rings (SSSR count). The smallest absolute Gasteiger partial charge is 0.332 e. The lowest BCUT2D eigenvalue weighted by molar-refractivity contribution is -0.385. The minimum Gasteiger partial charge on any atom is -0.495 e. The maximum absolute atomic E-state index is 11.5. The van der Waals surface area contributed by atoms with Crippen LogP contribution in [0.4, 0.5) is 28.8 Å². The van der Waals surface area contributed by atoms with Gasteiger partial charge in [0, 0.05) is 5.69 Å². The van der Waals surface area contributed by atoms with Gasteiger partial charge < -0.3 is 15.4 Å². The van der Waals surface area contributed by atoms with Gasteiger partial charge in [0.05, 0.1) is 17.7 Å². The van der Waals surface area contributed by atoms with E-state index in [2.05, 4.69) is 20.6 Å². The Hall–Kier alpha value is -3.68. The summed E-state index contributed by atoms with van der Waals surface area (Å²) in [7, 11) is 1.53. The van der Waals surface area contributed by atoms with E-state index in [9.17, 15) is 10.1 Å². The van der Waals surface area contributed by atoms with Gasteiger partial charge in [0.15, 0.2) is 0 Å². The van der Waals surface area contributed by atoms with E-state index in [-0.39, 0.29) is 23.1 Å². The van der Waals surface area contributed by atoms with Crippen molar-refractivity contribution >= 4 is 28.8 Å². The van der Waals surface area contributed by atoms with Crippen molar-refractivity contribution in [2.24, 2.45) is 0 Å². The van der Waals surface area contributed by atoms with Crippen LogP contribution >= 0.6 is 0 Å². The van der Waals surface area contributed by atoms with Gasteiger partial charge in [-0.2, -0.15) is 4.98 Å². The average molecular weight is 365 g/mol. The minimum atomic E-state index is -0.497. The standard InChI is InChI=1S/C19H19N5O3/c1-12-8-10-14(11-9-12)21-19-20-13(2)17(24(25)26)18(23-19)22-15-6-4-5-7-16(15)27-3/h4-11H,1-3H3,(H2,20,21,22,23). The monoisotopic (exact) mass is 365 g/mol. The van der Waals surface area contributed by atoms with Gasteiger partial charge in [0.25, 0.3) is 0 Å². The van der Waals surface area contributed by atoms with Crippen LogP contribution in [0, 0.1) is 24.0 Å². The van der Waals surface area contributed by atoms with E-state index in [1.807, 2.05) is 37.3 Å². The molecular weight excluding hydrogens is 346 g/mol. The molecule has 0 saturated carbocycles. The maximum atomic E-state index is 11.5. The number of anilines is 4. The Balaban J connectivity index is 2.01. The summed E-state index contributed by atoms with van der Waals surface area (Å²) in [6, 6.07) is 14.8. The fourth-order valence-corrected chi connectivity index (χ4v) is 2.57. The zero-order valence-corrected chi connectivity index (χ0v) is 15.2. The van der Waals surface area contributed by atoms with E-state index >= 15 is 0 Å². The molecule has 0 bridgehead atoms. The second-order valence-electron chi connectivity index (χ2n) is 5.90.